The van der Waals surface area contributed by atoms with Gasteiger partial charge in [0.1, 0.15) is 6.61 Å². The number of hydrogen-bond donors (Lipinski definition) is 0. The molecule has 0 heterocycles. The lowest BCUT2D eigenvalue weighted by molar-refractivity contribution is -0.333. The second-order valence-electron chi connectivity index (χ2n) is 4.19. The Balaban J connectivity index is 3.22. The fourth-order valence-electron chi connectivity index (χ4n) is 1.41. The molecule has 1 aliphatic rings. The van der Waals surface area contributed by atoms with Crippen LogP contribution in [-0.4, -0.2) is 43.3 Å². The first kappa shape index (κ1) is 19.7. The topological polar surface area (TPSA) is 18.5 Å². The van der Waals surface area contributed by atoms with Crippen LogP contribution in [0.25, 0.3) is 0 Å². The van der Waals surface area contributed by atoms with Crippen LogP contribution >= 0.6 is 0 Å². The van der Waals surface area contributed by atoms with Gasteiger partial charge in [0.15, 0.2) is 6.61 Å². The Kier molecular flexibility index (Phi) is 4.58. The van der Waals surface area contributed by atoms with Crippen LogP contribution in [0.5, 0.6) is 0 Å². The predicted molar refractivity (Wildman–Crippen MR) is 45.9 cm³/mol. The Bertz CT molecular complexity index is 490. The van der Waals surface area contributed by atoms with Crippen LogP contribution in [0.1, 0.15) is 0 Å². The number of halogens is 12. The van der Waals surface area contributed by atoms with Crippen LogP contribution in [0.2, 0.25) is 0 Å². The quantitative estimate of drug-likeness (QED) is 0.687. The van der Waals surface area contributed by atoms with E-state index in [4.69, 9.17) is 0 Å². The van der Waals surface area contributed by atoms with Gasteiger partial charge < -0.3 is 9.47 Å². The molecule has 14 heteroatoms. The third-order valence-corrected chi connectivity index (χ3v) is 2.38. The molecule has 0 aromatic heterocycles. The van der Waals surface area contributed by atoms with Gasteiger partial charge in [-0.1, -0.05) is 0 Å². The summed E-state index contributed by atoms with van der Waals surface area (Å²) in [6.07, 6.45) is -10.9. The summed E-state index contributed by atoms with van der Waals surface area (Å²) in [5, 5.41) is 0. The zero-order chi connectivity index (χ0) is 18.5. The van der Waals surface area contributed by atoms with Crippen molar-refractivity contribution in [2.24, 2.45) is 0 Å². The van der Waals surface area contributed by atoms with Gasteiger partial charge in [-0.25, -0.2) is 4.39 Å². The van der Waals surface area contributed by atoms with E-state index < -0.39 is 54.9 Å². The van der Waals surface area contributed by atoms with Gasteiger partial charge in [0.05, 0.1) is 0 Å². The molecule has 0 aromatic carbocycles. The lowest BCUT2D eigenvalue weighted by Crippen LogP contribution is -2.54. The van der Waals surface area contributed by atoms with Crippen LogP contribution in [0.3, 0.4) is 0 Å². The molecular formula is C9H4F12O2. The van der Waals surface area contributed by atoms with E-state index in [2.05, 4.69) is 9.47 Å². The second kappa shape index (κ2) is 5.34. The number of ether oxygens (including phenoxy) is 2. The van der Waals surface area contributed by atoms with E-state index in [1.54, 1.807) is 0 Å². The molecule has 0 aromatic rings. The van der Waals surface area contributed by atoms with Crippen molar-refractivity contribution in [1.29, 1.82) is 0 Å². The Morgan fingerprint density at radius 1 is 0.783 bits per heavy atom. The van der Waals surface area contributed by atoms with E-state index in [9.17, 15) is 52.7 Å². The number of alkyl halides is 11. The van der Waals surface area contributed by atoms with E-state index >= 15 is 0 Å². The van der Waals surface area contributed by atoms with Crippen molar-refractivity contribution in [3.05, 3.63) is 11.6 Å². The van der Waals surface area contributed by atoms with Gasteiger partial charge in [0.25, 0.3) is 0 Å². The minimum atomic E-state index is -6.28. The molecule has 0 aliphatic heterocycles. The number of hydrogen-bond acceptors (Lipinski definition) is 2. The van der Waals surface area contributed by atoms with Crippen molar-refractivity contribution in [1.82, 2.24) is 0 Å². The second-order valence-corrected chi connectivity index (χ2v) is 4.19. The standard InChI is InChI=1S/C9H4F12O2/c10-3-4(22-1-5(11,12)13)7(17,18)9(20,21)8(3,19)23-2-6(14,15)16/h1-2H2. The SMILES string of the molecule is FC1=C(OCC(F)(F)F)C(F)(F)C(F)(F)C1(F)OCC(F)(F)F. The summed E-state index contributed by atoms with van der Waals surface area (Å²) in [5.74, 6) is -24.4. The Morgan fingerprint density at radius 2 is 1.22 bits per heavy atom. The number of allylic oxidation sites excluding steroid dienone is 1. The molecule has 1 unspecified atom stereocenters. The smallest absolute Gasteiger partial charge is 0.422 e. The maximum Gasteiger partial charge on any atom is 0.422 e. The Labute approximate surface area is 118 Å². The summed E-state index contributed by atoms with van der Waals surface area (Å²) in [4.78, 5) is 0. The summed E-state index contributed by atoms with van der Waals surface area (Å²) >= 11 is 0. The maximum absolute atomic E-state index is 13.6. The number of rotatable bonds is 4. The van der Waals surface area contributed by atoms with Crippen molar-refractivity contribution in [3.63, 3.8) is 0 Å². The van der Waals surface area contributed by atoms with Gasteiger partial charge in [-0.2, -0.15) is 48.3 Å². The van der Waals surface area contributed by atoms with Gasteiger partial charge >= 0.3 is 30.1 Å². The molecule has 0 bridgehead atoms. The minimum Gasteiger partial charge on any atom is -0.479 e. The molecule has 0 saturated heterocycles. The van der Waals surface area contributed by atoms with E-state index in [0.29, 0.717) is 0 Å². The van der Waals surface area contributed by atoms with Crippen LogP contribution in [0, 0.1) is 0 Å². The lowest BCUT2D eigenvalue weighted by atomic mass is 10.1. The van der Waals surface area contributed by atoms with Gasteiger partial charge in [-0.3, -0.25) is 0 Å². The first-order chi connectivity index (χ1) is 9.96. The summed E-state index contributed by atoms with van der Waals surface area (Å²) in [6, 6.07) is 0. The van der Waals surface area contributed by atoms with Crippen molar-refractivity contribution in [2.45, 2.75) is 30.1 Å². The van der Waals surface area contributed by atoms with E-state index in [0.717, 1.165) is 0 Å². The zero-order valence-corrected chi connectivity index (χ0v) is 10.3. The van der Waals surface area contributed by atoms with Crippen molar-refractivity contribution in [3.8, 4) is 0 Å². The first-order valence-corrected chi connectivity index (χ1v) is 5.21. The fraction of sp³-hybridized carbons (Fsp3) is 0.778. The molecular weight excluding hydrogens is 368 g/mol. The lowest BCUT2D eigenvalue weighted by Gasteiger charge is -2.29. The molecule has 1 aliphatic carbocycles. The largest absolute Gasteiger partial charge is 0.479 e. The first-order valence-electron chi connectivity index (χ1n) is 5.21. The molecule has 0 fully saturated rings. The highest BCUT2D eigenvalue weighted by atomic mass is 19.4. The molecule has 0 radical (unpaired) electrons. The minimum absolute atomic E-state index is 2.71. The van der Waals surface area contributed by atoms with Crippen LogP contribution in [0.15, 0.2) is 11.6 Å². The fourth-order valence-corrected chi connectivity index (χ4v) is 1.41. The molecule has 136 valence electrons. The normalized spacial score (nSPS) is 27.5. The molecule has 0 saturated carbocycles. The third-order valence-electron chi connectivity index (χ3n) is 2.38. The summed E-state index contributed by atoms with van der Waals surface area (Å²) < 4.78 is 157. The van der Waals surface area contributed by atoms with Crippen LogP contribution in [-0.2, 0) is 9.47 Å². The van der Waals surface area contributed by atoms with Gasteiger partial charge in [0.2, 0.25) is 11.6 Å². The highest BCUT2D eigenvalue weighted by molar-refractivity contribution is 5.34. The highest BCUT2D eigenvalue weighted by Gasteiger charge is 2.83. The molecule has 1 rings (SSSR count). The summed E-state index contributed by atoms with van der Waals surface area (Å²) in [7, 11) is 0. The van der Waals surface area contributed by atoms with Gasteiger partial charge in [-0.05, 0) is 0 Å². The zero-order valence-electron chi connectivity index (χ0n) is 10.3. The van der Waals surface area contributed by atoms with E-state index in [1.165, 1.54) is 0 Å². The summed E-state index contributed by atoms with van der Waals surface area (Å²) in [6.45, 7) is -5.62. The van der Waals surface area contributed by atoms with Gasteiger partial charge in [-0.15, -0.1) is 0 Å². The summed E-state index contributed by atoms with van der Waals surface area (Å²) in [5.41, 5.74) is 0. The molecule has 0 spiro atoms. The highest BCUT2D eigenvalue weighted by Crippen LogP contribution is 2.59. The van der Waals surface area contributed by atoms with E-state index in [-0.39, 0.29) is 0 Å². The third kappa shape index (κ3) is 3.45. The van der Waals surface area contributed by atoms with Crippen molar-refractivity contribution >= 4 is 0 Å². The molecule has 0 N–H and O–H groups in total. The van der Waals surface area contributed by atoms with E-state index in [1.807, 2.05) is 0 Å². The van der Waals surface area contributed by atoms with Crippen LogP contribution < -0.4 is 0 Å². The average Bonchev–Trinajstić information content (AvgIpc) is 2.41. The Morgan fingerprint density at radius 3 is 1.61 bits per heavy atom. The Hall–Kier alpha value is -1.34. The van der Waals surface area contributed by atoms with Crippen molar-refractivity contribution < 1.29 is 62.2 Å². The molecule has 2 nitrogen and oxygen atoms in total. The monoisotopic (exact) mass is 372 g/mol. The molecule has 0 amide bonds. The average molecular weight is 372 g/mol. The van der Waals surface area contributed by atoms with Gasteiger partial charge in [0, 0.05) is 0 Å². The molecule has 23 heavy (non-hydrogen) atoms. The molecule has 1 atom stereocenters. The maximum atomic E-state index is 13.6. The van der Waals surface area contributed by atoms with Crippen LogP contribution in [0.4, 0.5) is 52.7 Å². The van der Waals surface area contributed by atoms with Crippen molar-refractivity contribution in [2.75, 3.05) is 13.2 Å². The predicted octanol–water partition coefficient (Wildman–Crippen LogP) is 4.28.